The fourth-order valence-electron chi connectivity index (χ4n) is 13.7. The molecule has 0 fully saturated rings. The number of pyridine rings is 3. The van der Waals surface area contributed by atoms with Crippen LogP contribution in [0.4, 0.5) is 0 Å². The topological polar surface area (TPSA) is 38.7 Å². The van der Waals surface area contributed by atoms with Crippen molar-refractivity contribution < 1.29 is 20.1 Å². The van der Waals surface area contributed by atoms with Crippen LogP contribution in [0.2, 0.25) is 0 Å². The molecule has 0 saturated heterocycles. The number of rotatable bonds is 15. The first-order chi connectivity index (χ1) is 53.5. The van der Waals surface area contributed by atoms with Crippen LogP contribution in [0.1, 0.15) is 0 Å². The number of hydrogen-bond acceptors (Lipinski definition) is 3. The van der Waals surface area contributed by atoms with E-state index < -0.39 is 0 Å². The normalized spacial score (nSPS) is 10.7. The summed E-state index contributed by atoms with van der Waals surface area (Å²) in [6, 6.07) is 157. The van der Waals surface area contributed by atoms with Gasteiger partial charge < -0.3 is 15.0 Å². The SMILES string of the molecule is [Ir+3].[c-]1ccc(-c2cccc(-c3cc(-c4ccccc4)cc(-c4ccccc4)c3)c2)cc1-c1ccccn1.[c-]1ccc(-c2cccc(-c3cc(-c4ccccc4)cc(-c4ccccc4)c3)c2)cc1-c1ccccn1.[c-]1ccc(-c2cccc(-c3cc(-c4ccccc4)cc(-c4ccccc4)c3)c2)cc1-c1ccccn1. The Morgan fingerprint density at radius 2 is 0.303 bits per heavy atom. The zero-order valence-corrected chi connectivity index (χ0v) is 62.1. The first-order valence-electron chi connectivity index (χ1n) is 36.4. The fourth-order valence-corrected chi connectivity index (χ4v) is 13.7. The summed E-state index contributed by atoms with van der Waals surface area (Å²) < 4.78 is 0. The first-order valence-corrected chi connectivity index (χ1v) is 36.4. The maximum absolute atomic E-state index is 4.49. The van der Waals surface area contributed by atoms with E-state index in [4.69, 9.17) is 0 Å². The molecule has 3 nitrogen and oxygen atoms in total. The van der Waals surface area contributed by atoms with Crippen LogP contribution in [0.25, 0.3) is 167 Å². The standard InChI is InChI=1S/3C35H24N.Ir/c3*1-3-11-26(12-4-1)32-23-33(27-13-5-2-6-14-27)25-34(24-32)30-17-9-15-28(21-30)29-16-10-18-31(22-29)35-19-7-8-20-36-35;/h3*1-17,19-25H;/q3*-1;+3. The van der Waals surface area contributed by atoms with E-state index in [1.807, 2.05) is 91.4 Å². The summed E-state index contributed by atoms with van der Waals surface area (Å²) in [6.07, 6.45) is 5.46. The van der Waals surface area contributed by atoms with Gasteiger partial charge in [-0.2, -0.15) is 0 Å². The quantitative estimate of drug-likeness (QED) is 0.0960. The zero-order valence-electron chi connectivity index (χ0n) is 59.7. The molecule has 3 heterocycles. The van der Waals surface area contributed by atoms with Crippen molar-refractivity contribution in [2.75, 3.05) is 0 Å². The van der Waals surface area contributed by atoms with E-state index in [0.29, 0.717) is 0 Å². The Bertz CT molecular complexity index is 5240. The van der Waals surface area contributed by atoms with Crippen molar-refractivity contribution in [1.82, 2.24) is 15.0 Å². The number of nitrogens with zero attached hydrogens (tertiary/aromatic N) is 3. The van der Waals surface area contributed by atoms with Gasteiger partial charge in [-0.15, -0.1) is 106 Å². The Balaban J connectivity index is 0.000000130. The number of aromatic nitrogens is 3. The van der Waals surface area contributed by atoms with E-state index in [1.165, 1.54) is 117 Å². The van der Waals surface area contributed by atoms with Crippen molar-refractivity contribution in [2.45, 2.75) is 0 Å². The third-order valence-corrected chi connectivity index (χ3v) is 19.3. The molecule has 4 heteroatoms. The van der Waals surface area contributed by atoms with Crippen LogP contribution < -0.4 is 0 Å². The smallest absolute Gasteiger partial charge is 0.305 e. The van der Waals surface area contributed by atoms with Gasteiger partial charge in [-0.25, -0.2) is 0 Å². The third kappa shape index (κ3) is 17.5. The Morgan fingerprint density at radius 3 is 0.505 bits per heavy atom. The van der Waals surface area contributed by atoms with Gasteiger partial charge in [-0.1, -0.05) is 273 Å². The van der Waals surface area contributed by atoms with E-state index in [9.17, 15) is 0 Å². The summed E-state index contributed by atoms with van der Waals surface area (Å²) >= 11 is 0. The molecule has 0 aliphatic carbocycles. The van der Waals surface area contributed by atoms with Crippen molar-refractivity contribution >= 4 is 0 Å². The summed E-state index contributed by atoms with van der Waals surface area (Å²) in [4.78, 5) is 13.5. The predicted molar refractivity (Wildman–Crippen MR) is 451 cm³/mol. The molecule has 0 radical (unpaired) electrons. The van der Waals surface area contributed by atoms with Crippen molar-refractivity contribution in [2.24, 2.45) is 0 Å². The molecule has 0 bridgehead atoms. The number of hydrogen-bond donors (Lipinski definition) is 0. The monoisotopic (exact) mass is 1570 g/mol. The maximum Gasteiger partial charge on any atom is 3.00 e. The predicted octanol–water partition coefficient (Wildman–Crippen LogP) is 27.6. The first kappa shape index (κ1) is 71.0. The number of benzene rings is 15. The van der Waals surface area contributed by atoms with Gasteiger partial charge in [-0.3, -0.25) is 0 Å². The average molecular weight is 1570 g/mol. The summed E-state index contributed by atoms with van der Waals surface area (Å²) in [5, 5.41) is 0. The van der Waals surface area contributed by atoms with Gasteiger partial charge in [0.1, 0.15) is 0 Å². The van der Waals surface area contributed by atoms with Gasteiger partial charge in [0, 0.05) is 18.6 Å². The molecular formula is C105H72IrN3. The second kappa shape index (κ2) is 34.5. The van der Waals surface area contributed by atoms with E-state index in [-0.39, 0.29) is 20.1 Å². The van der Waals surface area contributed by atoms with Gasteiger partial charge in [-0.05, 0) is 225 Å². The van der Waals surface area contributed by atoms with E-state index in [0.717, 1.165) is 50.5 Å². The Hall–Kier alpha value is -13.6. The summed E-state index contributed by atoms with van der Waals surface area (Å²) in [6.45, 7) is 0. The minimum absolute atomic E-state index is 0. The van der Waals surface area contributed by atoms with Gasteiger partial charge >= 0.3 is 20.1 Å². The fraction of sp³-hybridized carbons (Fsp3) is 0. The van der Waals surface area contributed by atoms with Gasteiger partial charge in [0.25, 0.3) is 0 Å². The average Bonchev–Trinajstić information content (AvgIpc) is 0.804. The molecule has 516 valence electrons. The molecule has 0 aliphatic heterocycles. The van der Waals surface area contributed by atoms with E-state index in [2.05, 4.69) is 379 Å². The van der Waals surface area contributed by atoms with E-state index >= 15 is 0 Å². The van der Waals surface area contributed by atoms with E-state index in [1.54, 1.807) is 0 Å². The Morgan fingerprint density at radius 1 is 0.138 bits per heavy atom. The van der Waals surface area contributed by atoms with Gasteiger partial charge in [0.2, 0.25) is 0 Å². The summed E-state index contributed by atoms with van der Waals surface area (Å²) in [7, 11) is 0. The Labute approximate surface area is 653 Å². The van der Waals surface area contributed by atoms with Crippen LogP contribution in [-0.4, -0.2) is 15.0 Å². The maximum atomic E-state index is 4.49. The van der Waals surface area contributed by atoms with Crippen LogP contribution >= 0.6 is 0 Å². The molecule has 109 heavy (non-hydrogen) atoms. The second-order valence-corrected chi connectivity index (χ2v) is 26.5. The molecule has 0 amide bonds. The van der Waals surface area contributed by atoms with Crippen LogP contribution in [0, 0.1) is 18.2 Å². The van der Waals surface area contributed by atoms with Crippen LogP contribution in [-0.2, 0) is 20.1 Å². The minimum Gasteiger partial charge on any atom is -0.305 e. The van der Waals surface area contributed by atoms with Crippen molar-refractivity contribution in [3.8, 4) is 167 Å². The van der Waals surface area contributed by atoms with Gasteiger partial charge in [0.05, 0.1) is 0 Å². The van der Waals surface area contributed by atoms with Crippen LogP contribution in [0.3, 0.4) is 0 Å². The van der Waals surface area contributed by atoms with Gasteiger partial charge in [0.15, 0.2) is 0 Å². The van der Waals surface area contributed by atoms with Crippen LogP contribution in [0.15, 0.2) is 437 Å². The molecule has 0 saturated carbocycles. The second-order valence-electron chi connectivity index (χ2n) is 26.5. The van der Waals surface area contributed by atoms with Crippen molar-refractivity contribution in [3.05, 3.63) is 455 Å². The molecule has 0 unspecified atom stereocenters. The van der Waals surface area contributed by atoms with Crippen molar-refractivity contribution in [1.29, 1.82) is 0 Å². The van der Waals surface area contributed by atoms with Crippen LogP contribution in [0.5, 0.6) is 0 Å². The molecule has 0 atom stereocenters. The minimum atomic E-state index is 0. The molecule has 0 spiro atoms. The third-order valence-electron chi connectivity index (χ3n) is 19.3. The zero-order chi connectivity index (χ0) is 72.5. The summed E-state index contributed by atoms with van der Waals surface area (Å²) in [5.41, 5.74) is 34.5. The molecule has 0 aliphatic rings. The molecule has 0 N–H and O–H groups in total. The molecular weight excluding hydrogens is 1500 g/mol. The molecule has 18 aromatic rings. The molecule has 15 aromatic carbocycles. The van der Waals surface area contributed by atoms with Crippen molar-refractivity contribution in [3.63, 3.8) is 0 Å². The molecule has 18 rings (SSSR count). The summed E-state index contributed by atoms with van der Waals surface area (Å²) in [5.74, 6) is 0. The largest absolute Gasteiger partial charge is 3.00 e. The molecule has 3 aromatic heterocycles. The Kier molecular flexibility index (Phi) is 22.5.